The summed E-state index contributed by atoms with van der Waals surface area (Å²) in [4.78, 5) is 14.1. The van der Waals surface area contributed by atoms with E-state index in [1.54, 1.807) is 12.1 Å². The van der Waals surface area contributed by atoms with Crippen molar-refractivity contribution < 1.29 is 14.6 Å². The number of carbonyl (C=O) groups excluding carboxylic acids is 1. The number of benzene rings is 3. The van der Waals surface area contributed by atoms with Crippen molar-refractivity contribution in [2.24, 2.45) is 5.92 Å². The van der Waals surface area contributed by atoms with E-state index < -0.39 is 0 Å². The molecule has 0 spiro atoms. The van der Waals surface area contributed by atoms with Crippen molar-refractivity contribution in [1.82, 2.24) is 15.0 Å². The number of rotatable bonds is 8. The lowest BCUT2D eigenvalue weighted by Crippen LogP contribution is -2.12. The van der Waals surface area contributed by atoms with Crippen LogP contribution in [0, 0.1) is 12.8 Å². The summed E-state index contributed by atoms with van der Waals surface area (Å²) in [6.07, 6.45) is 2.16. The standard InChI is InChI=1S/C28H32N4O3/c1-17(2)6-7-20-8-10-21(11-9-20)28(34)29-22-12-13-25(26(33)15-22)32-30-24-16-23(35-18(3)4)14-19(5)27(24)31-32/h8-18,33H,6-7H2,1-5H3,(H,29,34). The smallest absolute Gasteiger partial charge is 0.255 e. The van der Waals surface area contributed by atoms with Crippen molar-refractivity contribution in [3.05, 3.63) is 71.3 Å². The SMILES string of the molecule is Cc1cc(OC(C)C)cc2nn(-c3ccc(NC(=O)c4ccc(CCC(C)C)cc4)cc3O)nc12. The van der Waals surface area contributed by atoms with Gasteiger partial charge in [-0.1, -0.05) is 26.0 Å². The van der Waals surface area contributed by atoms with Gasteiger partial charge in [-0.2, -0.15) is 0 Å². The molecular formula is C28H32N4O3. The summed E-state index contributed by atoms with van der Waals surface area (Å²) in [6.45, 7) is 10.3. The van der Waals surface area contributed by atoms with Gasteiger partial charge in [0.2, 0.25) is 0 Å². The largest absolute Gasteiger partial charge is 0.506 e. The van der Waals surface area contributed by atoms with E-state index in [-0.39, 0.29) is 17.8 Å². The molecule has 0 atom stereocenters. The zero-order valence-electron chi connectivity index (χ0n) is 20.9. The Morgan fingerprint density at radius 1 is 1.03 bits per heavy atom. The Morgan fingerprint density at radius 2 is 1.77 bits per heavy atom. The van der Waals surface area contributed by atoms with Crippen molar-refractivity contribution in [1.29, 1.82) is 0 Å². The van der Waals surface area contributed by atoms with Crippen LogP contribution < -0.4 is 10.1 Å². The maximum absolute atomic E-state index is 12.7. The molecule has 0 radical (unpaired) electrons. The van der Waals surface area contributed by atoms with Crippen molar-refractivity contribution in [3.63, 3.8) is 0 Å². The van der Waals surface area contributed by atoms with Gasteiger partial charge in [0, 0.05) is 23.4 Å². The lowest BCUT2D eigenvalue weighted by molar-refractivity contribution is 0.102. The predicted molar refractivity (Wildman–Crippen MR) is 139 cm³/mol. The number of carbonyl (C=O) groups is 1. The molecule has 0 aliphatic heterocycles. The monoisotopic (exact) mass is 472 g/mol. The number of aromatic hydroxyl groups is 1. The van der Waals surface area contributed by atoms with Crippen LogP contribution in [0.15, 0.2) is 54.6 Å². The number of fused-ring (bicyclic) bond motifs is 1. The second-order valence-corrected chi connectivity index (χ2v) is 9.55. The fourth-order valence-corrected chi connectivity index (χ4v) is 3.85. The second-order valence-electron chi connectivity index (χ2n) is 9.55. The highest BCUT2D eigenvalue weighted by molar-refractivity contribution is 6.04. The second kappa shape index (κ2) is 10.2. The van der Waals surface area contributed by atoms with E-state index >= 15 is 0 Å². The lowest BCUT2D eigenvalue weighted by atomic mass is 10.0. The maximum atomic E-state index is 12.7. The highest BCUT2D eigenvalue weighted by atomic mass is 16.5. The Hall–Kier alpha value is -3.87. The predicted octanol–water partition coefficient (Wildman–Crippen LogP) is 6.06. The molecule has 182 valence electrons. The Kier molecular flexibility index (Phi) is 7.05. The van der Waals surface area contributed by atoms with Gasteiger partial charge >= 0.3 is 0 Å². The van der Waals surface area contributed by atoms with Crippen LogP contribution in [-0.4, -0.2) is 32.1 Å². The van der Waals surface area contributed by atoms with Crippen LogP contribution in [0.1, 0.15) is 55.6 Å². The van der Waals surface area contributed by atoms with E-state index in [0.29, 0.717) is 28.4 Å². The molecule has 0 saturated heterocycles. The third-order valence-electron chi connectivity index (χ3n) is 5.70. The number of anilines is 1. The molecule has 7 heteroatoms. The van der Waals surface area contributed by atoms with Gasteiger partial charge in [0.15, 0.2) is 0 Å². The van der Waals surface area contributed by atoms with Crippen LogP contribution in [0.25, 0.3) is 16.7 Å². The summed E-state index contributed by atoms with van der Waals surface area (Å²) in [5.41, 5.74) is 5.03. The summed E-state index contributed by atoms with van der Waals surface area (Å²) in [5, 5.41) is 22.6. The number of hydrogen-bond donors (Lipinski definition) is 2. The zero-order valence-corrected chi connectivity index (χ0v) is 20.9. The van der Waals surface area contributed by atoms with E-state index in [2.05, 4.69) is 29.4 Å². The van der Waals surface area contributed by atoms with E-state index in [9.17, 15) is 9.90 Å². The van der Waals surface area contributed by atoms with Crippen molar-refractivity contribution >= 4 is 22.6 Å². The molecule has 0 saturated carbocycles. The van der Waals surface area contributed by atoms with Crippen LogP contribution in [0.2, 0.25) is 0 Å². The first kappa shape index (κ1) is 24.3. The highest BCUT2D eigenvalue weighted by Gasteiger charge is 2.14. The maximum Gasteiger partial charge on any atom is 0.255 e. The average Bonchev–Trinajstić information content (AvgIpc) is 3.22. The van der Waals surface area contributed by atoms with Crippen molar-refractivity contribution in [2.45, 2.75) is 53.6 Å². The number of aromatic nitrogens is 3. The molecule has 4 aromatic rings. The van der Waals surface area contributed by atoms with Gasteiger partial charge in [-0.05, 0) is 81.0 Å². The molecule has 1 heterocycles. The zero-order chi connectivity index (χ0) is 25.1. The van der Waals surface area contributed by atoms with Gasteiger partial charge < -0.3 is 15.2 Å². The Labute approximate surface area is 205 Å². The topological polar surface area (TPSA) is 89.3 Å². The van der Waals surface area contributed by atoms with E-state index in [4.69, 9.17) is 4.74 Å². The molecule has 35 heavy (non-hydrogen) atoms. The Balaban J connectivity index is 1.50. The number of amides is 1. The third-order valence-corrected chi connectivity index (χ3v) is 5.70. The minimum atomic E-state index is -0.233. The molecule has 1 aromatic heterocycles. The third kappa shape index (κ3) is 5.80. The van der Waals surface area contributed by atoms with Gasteiger partial charge in [0.1, 0.15) is 28.2 Å². The number of nitrogens with zero attached hydrogens (tertiary/aromatic N) is 3. The van der Waals surface area contributed by atoms with Crippen LogP contribution in [0.3, 0.4) is 0 Å². The molecule has 1 amide bonds. The first-order valence-corrected chi connectivity index (χ1v) is 12.0. The minimum absolute atomic E-state index is 0.0385. The van der Waals surface area contributed by atoms with Crippen LogP contribution in [0.5, 0.6) is 11.5 Å². The molecule has 0 unspecified atom stereocenters. The first-order chi connectivity index (χ1) is 16.7. The van der Waals surface area contributed by atoms with Crippen LogP contribution >= 0.6 is 0 Å². The highest BCUT2D eigenvalue weighted by Crippen LogP contribution is 2.28. The van der Waals surface area contributed by atoms with Crippen molar-refractivity contribution in [2.75, 3.05) is 5.32 Å². The van der Waals surface area contributed by atoms with Gasteiger partial charge in [-0.25, -0.2) is 0 Å². The summed E-state index contributed by atoms with van der Waals surface area (Å²) >= 11 is 0. The van der Waals surface area contributed by atoms with E-state index in [0.717, 1.165) is 29.7 Å². The molecule has 0 bridgehead atoms. The number of phenolic OH excluding ortho intramolecular Hbond substituents is 1. The summed E-state index contributed by atoms with van der Waals surface area (Å²) in [5.74, 6) is 1.10. The number of nitrogens with one attached hydrogen (secondary N) is 1. The lowest BCUT2D eigenvalue weighted by Gasteiger charge is -2.09. The summed E-state index contributed by atoms with van der Waals surface area (Å²) < 4.78 is 5.79. The summed E-state index contributed by atoms with van der Waals surface area (Å²) in [7, 11) is 0. The van der Waals surface area contributed by atoms with Crippen LogP contribution in [0.4, 0.5) is 5.69 Å². The molecular weight excluding hydrogens is 440 g/mol. The van der Waals surface area contributed by atoms with Gasteiger partial charge in [0.05, 0.1) is 6.10 Å². The number of hydrogen-bond acceptors (Lipinski definition) is 5. The summed E-state index contributed by atoms with van der Waals surface area (Å²) in [6, 6.07) is 16.3. The Bertz CT molecular complexity index is 1340. The minimum Gasteiger partial charge on any atom is -0.506 e. The molecule has 3 aromatic carbocycles. The first-order valence-electron chi connectivity index (χ1n) is 12.0. The normalized spacial score (nSPS) is 11.4. The number of aryl methyl sites for hydroxylation is 2. The number of phenols is 1. The van der Waals surface area contributed by atoms with Gasteiger partial charge in [-0.3, -0.25) is 4.79 Å². The van der Waals surface area contributed by atoms with Crippen molar-refractivity contribution in [3.8, 4) is 17.2 Å². The van der Waals surface area contributed by atoms with Gasteiger partial charge in [0.25, 0.3) is 5.91 Å². The number of ether oxygens (including phenoxy) is 1. The quantitative estimate of drug-likeness (QED) is 0.325. The molecule has 0 aliphatic carbocycles. The molecule has 0 fully saturated rings. The molecule has 0 aliphatic rings. The fraction of sp³-hybridized carbons (Fsp3) is 0.321. The Morgan fingerprint density at radius 3 is 2.43 bits per heavy atom. The van der Waals surface area contributed by atoms with E-state index in [1.807, 2.05) is 57.2 Å². The van der Waals surface area contributed by atoms with Gasteiger partial charge in [-0.15, -0.1) is 15.0 Å². The average molecular weight is 473 g/mol. The molecule has 7 nitrogen and oxygen atoms in total. The molecule has 4 rings (SSSR count). The molecule has 2 N–H and O–H groups in total. The fourth-order valence-electron chi connectivity index (χ4n) is 3.85. The van der Waals surface area contributed by atoms with Crippen LogP contribution in [-0.2, 0) is 6.42 Å². The van der Waals surface area contributed by atoms with E-state index in [1.165, 1.54) is 16.4 Å².